The zero-order valence-electron chi connectivity index (χ0n) is 20.7. The summed E-state index contributed by atoms with van der Waals surface area (Å²) in [4.78, 5) is 15.0. The summed E-state index contributed by atoms with van der Waals surface area (Å²) in [6.45, 7) is 3.79. The van der Waals surface area contributed by atoms with Crippen molar-refractivity contribution in [1.82, 2.24) is 0 Å². The third-order valence-corrected chi connectivity index (χ3v) is 6.96. The fourth-order valence-corrected chi connectivity index (χ4v) is 5.21. The standard InChI is InChI=1S/C27H25ClF3N3O3/c1-26(2)11-19-24(20(35)12-26)23(14-5-8-21(36-3)22(9-14)37-4)16(13-32)25(33)34(19)18-10-15(27(29,30)31)6-7-17(18)28/h5-10,23H,11-12,33H2,1-4H3/t23-/m0/s1. The van der Waals surface area contributed by atoms with Crippen molar-refractivity contribution >= 4 is 23.1 Å². The monoisotopic (exact) mass is 531 g/mol. The number of nitrogens with zero attached hydrogens (tertiary/aromatic N) is 2. The molecule has 0 spiro atoms. The SMILES string of the molecule is COc1ccc([C@H]2C(C#N)=C(N)N(c3cc(C(F)(F)F)ccc3Cl)C3=C2C(=O)CC(C)(C)C3)cc1OC. The van der Waals surface area contributed by atoms with Crippen molar-refractivity contribution in [2.75, 3.05) is 19.1 Å². The third-order valence-electron chi connectivity index (χ3n) is 6.64. The van der Waals surface area contributed by atoms with Gasteiger partial charge < -0.3 is 15.2 Å². The van der Waals surface area contributed by atoms with Crippen molar-refractivity contribution in [2.45, 2.75) is 38.8 Å². The number of allylic oxidation sites excluding steroid dienone is 3. The second kappa shape index (κ2) is 9.34. The molecule has 37 heavy (non-hydrogen) atoms. The van der Waals surface area contributed by atoms with Crippen molar-refractivity contribution in [3.05, 3.63) is 75.2 Å². The van der Waals surface area contributed by atoms with E-state index in [0.29, 0.717) is 34.8 Å². The largest absolute Gasteiger partial charge is 0.493 e. The van der Waals surface area contributed by atoms with Crippen LogP contribution in [0.25, 0.3) is 0 Å². The molecule has 2 aliphatic rings. The van der Waals surface area contributed by atoms with Gasteiger partial charge in [0.25, 0.3) is 0 Å². The summed E-state index contributed by atoms with van der Waals surface area (Å²) in [6, 6.07) is 10.0. The number of carbonyl (C=O) groups excluding carboxylic acids is 1. The number of hydrogen-bond acceptors (Lipinski definition) is 6. The Bertz CT molecular complexity index is 1390. The van der Waals surface area contributed by atoms with Crippen molar-refractivity contribution in [3.63, 3.8) is 0 Å². The molecular weight excluding hydrogens is 507 g/mol. The van der Waals surface area contributed by atoms with Gasteiger partial charge in [-0.1, -0.05) is 31.5 Å². The topological polar surface area (TPSA) is 88.6 Å². The van der Waals surface area contributed by atoms with Crippen molar-refractivity contribution in [1.29, 1.82) is 5.26 Å². The van der Waals surface area contributed by atoms with Crippen molar-refractivity contribution in [2.24, 2.45) is 11.1 Å². The minimum atomic E-state index is -4.63. The highest BCUT2D eigenvalue weighted by atomic mass is 35.5. The van der Waals surface area contributed by atoms with E-state index in [9.17, 15) is 23.2 Å². The lowest BCUT2D eigenvalue weighted by Gasteiger charge is -2.44. The van der Waals surface area contributed by atoms with E-state index in [1.807, 2.05) is 13.8 Å². The Morgan fingerprint density at radius 2 is 1.78 bits per heavy atom. The van der Waals surface area contributed by atoms with Gasteiger partial charge in [0.05, 0.1) is 48.1 Å². The van der Waals surface area contributed by atoms with Crippen LogP contribution in [0.1, 0.15) is 43.7 Å². The van der Waals surface area contributed by atoms with Crippen LogP contribution in [-0.2, 0) is 11.0 Å². The van der Waals surface area contributed by atoms with E-state index in [4.69, 9.17) is 26.8 Å². The molecule has 2 aromatic rings. The predicted molar refractivity (Wildman–Crippen MR) is 133 cm³/mol. The average Bonchev–Trinajstić information content (AvgIpc) is 2.82. The first-order valence-electron chi connectivity index (χ1n) is 11.4. The number of ether oxygens (including phenoxy) is 2. The Labute approximate surface area is 217 Å². The molecule has 0 aromatic heterocycles. The number of methoxy groups -OCH3 is 2. The Morgan fingerprint density at radius 3 is 2.38 bits per heavy atom. The van der Waals surface area contributed by atoms with Crippen molar-refractivity contribution in [3.8, 4) is 17.6 Å². The number of nitriles is 1. The molecule has 1 aliphatic carbocycles. The minimum absolute atomic E-state index is 0.000449. The number of ketones is 1. The number of alkyl halides is 3. The molecule has 2 aromatic carbocycles. The number of halogens is 4. The van der Waals surface area contributed by atoms with Gasteiger partial charge in [-0.2, -0.15) is 18.4 Å². The number of anilines is 1. The molecule has 2 N–H and O–H groups in total. The molecule has 1 heterocycles. The Kier molecular flexibility index (Phi) is 6.67. The van der Waals surface area contributed by atoms with Gasteiger partial charge >= 0.3 is 6.18 Å². The van der Waals surface area contributed by atoms with Gasteiger partial charge in [-0.3, -0.25) is 9.69 Å². The lowest BCUT2D eigenvalue weighted by atomic mass is 9.68. The molecule has 0 saturated carbocycles. The van der Waals surface area contributed by atoms with Gasteiger partial charge in [0, 0.05) is 17.7 Å². The van der Waals surface area contributed by atoms with Crippen LogP contribution in [-0.4, -0.2) is 20.0 Å². The summed E-state index contributed by atoms with van der Waals surface area (Å²) in [5, 5.41) is 10.2. The fraction of sp³-hybridized carbons (Fsp3) is 0.333. The summed E-state index contributed by atoms with van der Waals surface area (Å²) in [7, 11) is 2.95. The summed E-state index contributed by atoms with van der Waals surface area (Å²) >= 11 is 6.39. The maximum absolute atomic E-state index is 13.6. The lowest BCUT2D eigenvalue weighted by molar-refractivity contribution is -0.137. The Hall–Kier alpha value is -3.64. The van der Waals surface area contributed by atoms with Gasteiger partial charge in [0.1, 0.15) is 5.82 Å². The maximum atomic E-state index is 13.6. The highest BCUT2D eigenvalue weighted by Gasteiger charge is 2.45. The Morgan fingerprint density at radius 1 is 1.11 bits per heavy atom. The zero-order chi connectivity index (χ0) is 27.3. The number of benzene rings is 2. The molecule has 4 rings (SSSR count). The van der Waals surface area contributed by atoms with Crippen LogP contribution in [0.2, 0.25) is 5.02 Å². The van der Waals surface area contributed by atoms with Gasteiger partial charge in [-0.25, -0.2) is 0 Å². The van der Waals surface area contributed by atoms with E-state index < -0.39 is 23.1 Å². The summed E-state index contributed by atoms with van der Waals surface area (Å²) in [5.41, 5.74) is 6.34. The van der Waals surface area contributed by atoms with Crippen LogP contribution in [0.5, 0.6) is 11.5 Å². The number of hydrogen-bond donors (Lipinski definition) is 1. The minimum Gasteiger partial charge on any atom is -0.493 e. The van der Waals surface area contributed by atoms with Crippen LogP contribution >= 0.6 is 11.6 Å². The second-order valence-electron chi connectivity index (χ2n) is 9.76. The van der Waals surface area contributed by atoms with E-state index in [1.54, 1.807) is 18.2 Å². The van der Waals surface area contributed by atoms with Gasteiger partial charge in [0.2, 0.25) is 0 Å². The van der Waals surface area contributed by atoms with E-state index in [0.717, 1.165) is 18.2 Å². The maximum Gasteiger partial charge on any atom is 0.416 e. The first kappa shape index (κ1) is 26.4. The third kappa shape index (κ3) is 4.62. The van der Waals surface area contributed by atoms with E-state index in [-0.39, 0.29) is 34.3 Å². The molecule has 1 atom stereocenters. The predicted octanol–water partition coefficient (Wildman–Crippen LogP) is 6.32. The fourth-order valence-electron chi connectivity index (χ4n) is 5.01. The first-order chi connectivity index (χ1) is 17.3. The zero-order valence-corrected chi connectivity index (χ0v) is 21.4. The molecule has 194 valence electrons. The molecule has 0 bridgehead atoms. The molecule has 1 aliphatic heterocycles. The number of rotatable bonds is 4. The van der Waals surface area contributed by atoms with Crippen LogP contribution < -0.4 is 20.1 Å². The highest BCUT2D eigenvalue weighted by molar-refractivity contribution is 6.33. The molecule has 6 nitrogen and oxygen atoms in total. The second-order valence-corrected chi connectivity index (χ2v) is 10.2. The van der Waals surface area contributed by atoms with Crippen molar-refractivity contribution < 1.29 is 27.4 Å². The summed E-state index contributed by atoms with van der Waals surface area (Å²) in [6.07, 6.45) is -4.12. The van der Waals surface area contributed by atoms with E-state index >= 15 is 0 Å². The van der Waals surface area contributed by atoms with E-state index in [1.165, 1.54) is 19.1 Å². The average molecular weight is 532 g/mol. The van der Waals surface area contributed by atoms with Gasteiger partial charge in [-0.15, -0.1) is 0 Å². The van der Waals surface area contributed by atoms with Crippen LogP contribution in [0.4, 0.5) is 18.9 Å². The smallest absolute Gasteiger partial charge is 0.416 e. The number of nitrogens with two attached hydrogens (primary N) is 1. The Balaban J connectivity index is 2.03. The van der Waals surface area contributed by atoms with Gasteiger partial charge in [0.15, 0.2) is 17.3 Å². The number of carbonyl (C=O) groups is 1. The first-order valence-corrected chi connectivity index (χ1v) is 11.8. The lowest BCUT2D eigenvalue weighted by Crippen LogP contribution is -2.42. The summed E-state index contributed by atoms with van der Waals surface area (Å²) < 4.78 is 51.5. The molecule has 0 radical (unpaired) electrons. The van der Waals surface area contributed by atoms with Crippen LogP contribution in [0.3, 0.4) is 0 Å². The van der Waals surface area contributed by atoms with Crippen LogP contribution in [0.15, 0.2) is 59.1 Å². The van der Waals surface area contributed by atoms with Crippen LogP contribution in [0, 0.1) is 16.7 Å². The quantitative estimate of drug-likeness (QED) is 0.497. The summed E-state index contributed by atoms with van der Waals surface area (Å²) in [5.74, 6) is -0.304. The normalized spacial score (nSPS) is 19.5. The van der Waals surface area contributed by atoms with Gasteiger partial charge in [-0.05, 0) is 47.7 Å². The molecule has 0 fully saturated rings. The number of Topliss-reactive ketones (excluding diaryl/α,β-unsaturated/α-hetero) is 1. The molecule has 0 unspecified atom stereocenters. The van der Waals surface area contributed by atoms with E-state index in [2.05, 4.69) is 6.07 Å². The molecule has 10 heteroatoms. The molecule has 0 amide bonds. The molecule has 0 saturated heterocycles. The highest BCUT2D eigenvalue weighted by Crippen LogP contribution is 2.52. The molecular formula is C27H25ClF3N3O3.